The minimum absolute atomic E-state index is 0.122. The molecule has 0 spiro atoms. The number of thioether (sulfide) groups is 1. The van der Waals surface area contributed by atoms with Crippen molar-refractivity contribution >= 4 is 66.5 Å². The van der Waals surface area contributed by atoms with Gasteiger partial charge in [0.2, 0.25) is 11.0 Å². The van der Waals surface area contributed by atoms with E-state index in [9.17, 15) is 4.79 Å². The summed E-state index contributed by atoms with van der Waals surface area (Å²) in [6, 6.07) is 13.6. The first-order valence-corrected chi connectivity index (χ1v) is 11.3. The minimum atomic E-state index is -0.122. The Morgan fingerprint density at radius 3 is 2.90 bits per heavy atom. The van der Waals surface area contributed by atoms with Crippen LogP contribution >= 0.6 is 34.4 Å². The molecule has 0 aliphatic heterocycles. The smallest absolute Gasteiger partial charge is 0.236 e. The molecule has 148 valence electrons. The number of methoxy groups -OCH3 is 1. The predicted molar refractivity (Wildman–Crippen MR) is 120 cm³/mol. The highest BCUT2D eigenvalue weighted by atomic mass is 32.2. The zero-order valence-electron chi connectivity index (χ0n) is 15.6. The third-order valence-corrected chi connectivity index (χ3v) is 6.75. The quantitative estimate of drug-likeness (QED) is 0.391. The number of carbonyl (C=O) groups is 1. The Kier molecular flexibility index (Phi) is 5.93. The highest BCUT2D eigenvalue weighted by molar-refractivity contribution is 8.01. The lowest BCUT2D eigenvalue weighted by atomic mass is 10.2. The van der Waals surface area contributed by atoms with Gasteiger partial charge in [-0.25, -0.2) is 4.98 Å². The van der Waals surface area contributed by atoms with Crippen molar-refractivity contribution in [3.63, 3.8) is 0 Å². The van der Waals surface area contributed by atoms with E-state index in [0.29, 0.717) is 14.6 Å². The van der Waals surface area contributed by atoms with Crippen LogP contribution < -0.4 is 15.4 Å². The summed E-state index contributed by atoms with van der Waals surface area (Å²) >= 11 is 4.20. The molecule has 4 aromatic rings. The number of carbonyl (C=O) groups excluding carboxylic acids is 1. The fourth-order valence-electron chi connectivity index (χ4n) is 2.51. The van der Waals surface area contributed by atoms with Gasteiger partial charge in [-0.3, -0.25) is 4.79 Å². The number of aromatic nitrogens is 3. The van der Waals surface area contributed by atoms with Crippen LogP contribution in [0.25, 0.3) is 10.2 Å². The lowest BCUT2D eigenvalue weighted by Crippen LogP contribution is -2.13. The highest BCUT2D eigenvalue weighted by Gasteiger charge is 2.11. The molecule has 2 aromatic heterocycles. The molecule has 0 bridgehead atoms. The molecule has 2 N–H and O–H groups in total. The van der Waals surface area contributed by atoms with Crippen LogP contribution in [0, 0.1) is 6.92 Å². The Bertz CT molecular complexity index is 1160. The molecule has 2 heterocycles. The van der Waals surface area contributed by atoms with E-state index < -0.39 is 0 Å². The summed E-state index contributed by atoms with van der Waals surface area (Å²) in [6.07, 6.45) is 0. The molecule has 0 unspecified atom stereocenters. The third-order valence-electron chi connectivity index (χ3n) is 3.84. The number of benzene rings is 2. The van der Waals surface area contributed by atoms with Gasteiger partial charge in [0, 0.05) is 11.8 Å². The maximum absolute atomic E-state index is 12.3. The number of fused-ring (bicyclic) bond motifs is 1. The number of nitrogens with one attached hydrogen (secondary N) is 2. The normalized spacial score (nSPS) is 10.8. The molecule has 0 saturated carbocycles. The van der Waals surface area contributed by atoms with Crippen LogP contribution in [-0.2, 0) is 4.79 Å². The number of rotatable bonds is 7. The van der Waals surface area contributed by atoms with Gasteiger partial charge < -0.3 is 15.4 Å². The van der Waals surface area contributed by atoms with Gasteiger partial charge in [0.05, 0.1) is 23.1 Å². The third kappa shape index (κ3) is 5.03. The van der Waals surface area contributed by atoms with Gasteiger partial charge in [-0.2, -0.15) is 0 Å². The van der Waals surface area contributed by atoms with Crippen molar-refractivity contribution in [2.75, 3.05) is 23.5 Å². The van der Waals surface area contributed by atoms with Gasteiger partial charge in [-0.1, -0.05) is 46.6 Å². The van der Waals surface area contributed by atoms with E-state index in [0.717, 1.165) is 21.7 Å². The van der Waals surface area contributed by atoms with Crippen LogP contribution in [0.5, 0.6) is 5.75 Å². The van der Waals surface area contributed by atoms with Crippen LogP contribution in [0.4, 0.5) is 16.0 Å². The summed E-state index contributed by atoms with van der Waals surface area (Å²) in [5.74, 6) is 0.877. The van der Waals surface area contributed by atoms with Crippen molar-refractivity contribution in [2.45, 2.75) is 11.3 Å². The molecule has 0 aliphatic carbocycles. The minimum Gasteiger partial charge on any atom is -0.497 e. The molecule has 7 nitrogen and oxygen atoms in total. The van der Waals surface area contributed by atoms with E-state index in [2.05, 4.69) is 31.9 Å². The fraction of sp³-hybridized carbons (Fsp3) is 0.158. The first-order valence-electron chi connectivity index (χ1n) is 8.63. The van der Waals surface area contributed by atoms with Crippen molar-refractivity contribution < 1.29 is 9.53 Å². The van der Waals surface area contributed by atoms with E-state index >= 15 is 0 Å². The molecule has 4 rings (SSSR count). The number of aryl methyl sites for hydroxylation is 1. The van der Waals surface area contributed by atoms with Crippen LogP contribution in [0.2, 0.25) is 0 Å². The first kappa shape index (κ1) is 19.6. The Hall–Kier alpha value is -2.69. The average Bonchev–Trinajstić information content (AvgIpc) is 3.32. The fourth-order valence-corrected chi connectivity index (χ4v) is 5.06. The van der Waals surface area contributed by atoms with E-state index in [-0.39, 0.29) is 11.7 Å². The lowest BCUT2D eigenvalue weighted by molar-refractivity contribution is -0.113. The summed E-state index contributed by atoms with van der Waals surface area (Å²) in [5.41, 5.74) is 2.92. The van der Waals surface area contributed by atoms with E-state index in [4.69, 9.17) is 4.74 Å². The maximum atomic E-state index is 12.3. The van der Waals surface area contributed by atoms with E-state index in [1.807, 2.05) is 43.3 Å². The monoisotopic (exact) mass is 443 g/mol. The van der Waals surface area contributed by atoms with Gasteiger partial charge in [-0.15, -0.1) is 10.2 Å². The maximum Gasteiger partial charge on any atom is 0.236 e. The standard InChI is InChI=1S/C19H17N5O2S3/c1-11-6-7-14-15(8-11)28-17(21-14)22-16(25)10-27-19-24-23-18(29-19)20-12-4-3-5-13(9-12)26-2/h3-9H,10H2,1-2H3,(H,20,23)(H,21,22,25). The second-order valence-electron chi connectivity index (χ2n) is 6.06. The van der Waals surface area contributed by atoms with E-state index in [1.54, 1.807) is 7.11 Å². The number of hydrogen-bond donors (Lipinski definition) is 2. The largest absolute Gasteiger partial charge is 0.497 e. The Balaban J connectivity index is 1.32. The van der Waals surface area contributed by atoms with Crippen molar-refractivity contribution in [3.05, 3.63) is 48.0 Å². The van der Waals surface area contributed by atoms with Crippen LogP contribution in [0.3, 0.4) is 0 Å². The summed E-state index contributed by atoms with van der Waals surface area (Å²) in [6.45, 7) is 2.04. The molecule has 10 heteroatoms. The second-order valence-corrected chi connectivity index (χ2v) is 9.29. The number of nitrogens with zero attached hydrogens (tertiary/aromatic N) is 3. The number of thiazole rings is 1. The zero-order chi connectivity index (χ0) is 20.2. The van der Waals surface area contributed by atoms with Gasteiger partial charge in [0.25, 0.3) is 0 Å². The molecular weight excluding hydrogens is 426 g/mol. The zero-order valence-corrected chi connectivity index (χ0v) is 18.1. The summed E-state index contributed by atoms with van der Waals surface area (Å²) in [4.78, 5) is 16.7. The van der Waals surface area contributed by atoms with Crippen molar-refractivity contribution in [3.8, 4) is 5.75 Å². The predicted octanol–water partition coefficient (Wildman–Crippen LogP) is 4.94. The number of ether oxygens (including phenoxy) is 1. The van der Waals surface area contributed by atoms with Gasteiger partial charge >= 0.3 is 0 Å². The topological polar surface area (TPSA) is 89.0 Å². The highest BCUT2D eigenvalue weighted by Crippen LogP contribution is 2.30. The summed E-state index contributed by atoms with van der Waals surface area (Å²) < 4.78 is 6.98. The van der Waals surface area contributed by atoms with Crippen LogP contribution in [0.1, 0.15) is 5.56 Å². The molecule has 29 heavy (non-hydrogen) atoms. The molecular formula is C19H17N5O2S3. The number of anilines is 3. The van der Waals surface area contributed by atoms with Gasteiger partial charge in [0.1, 0.15) is 5.75 Å². The van der Waals surface area contributed by atoms with Crippen LogP contribution in [0.15, 0.2) is 46.8 Å². The summed E-state index contributed by atoms with van der Waals surface area (Å²) in [7, 11) is 1.62. The SMILES string of the molecule is COc1cccc(Nc2nnc(SCC(=O)Nc3nc4ccc(C)cc4s3)s2)c1. The van der Waals surface area contributed by atoms with Crippen LogP contribution in [-0.4, -0.2) is 34.0 Å². The molecule has 1 amide bonds. The molecule has 0 saturated heterocycles. The Morgan fingerprint density at radius 1 is 1.14 bits per heavy atom. The van der Waals surface area contributed by atoms with Gasteiger partial charge in [-0.05, 0) is 36.8 Å². The first-order chi connectivity index (χ1) is 14.1. The van der Waals surface area contributed by atoms with Crippen molar-refractivity contribution in [1.82, 2.24) is 15.2 Å². The molecule has 0 atom stereocenters. The molecule has 0 aliphatic rings. The molecule has 0 radical (unpaired) electrons. The van der Waals surface area contributed by atoms with Gasteiger partial charge in [0.15, 0.2) is 9.47 Å². The van der Waals surface area contributed by atoms with Crippen molar-refractivity contribution in [2.24, 2.45) is 0 Å². The van der Waals surface area contributed by atoms with E-state index in [1.165, 1.54) is 40.0 Å². The Labute approximate surface area is 179 Å². The average molecular weight is 444 g/mol. The summed E-state index contributed by atoms with van der Waals surface area (Å²) in [5, 5.41) is 15.5. The Morgan fingerprint density at radius 2 is 2.03 bits per heavy atom. The van der Waals surface area contributed by atoms with Crippen molar-refractivity contribution in [1.29, 1.82) is 0 Å². The number of hydrogen-bond acceptors (Lipinski definition) is 9. The number of amides is 1. The molecule has 0 fully saturated rings. The lowest BCUT2D eigenvalue weighted by Gasteiger charge is -2.04. The second kappa shape index (κ2) is 8.76. The molecule has 2 aromatic carbocycles.